The van der Waals surface area contributed by atoms with Gasteiger partial charge in [0.15, 0.2) is 6.10 Å². The molecule has 58 heavy (non-hydrogen) atoms. The number of hydrogen-bond acceptors (Lipinski definition) is 6. The Hall–Kier alpha value is -2.37. The lowest BCUT2D eigenvalue weighted by molar-refractivity contribution is -0.167. The minimum absolute atomic E-state index is 0.0811. The molecule has 0 rings (SSSR count). The molecule has 0 aromatic rings. The van der Waals surface area contributed by atoms with Gasteiger partial charge in [0.05, 0.1) is 0 Å². The zero-order chi connectivity index (χ0) is 42.3. The Morgan fingerprint density at radius 1 is 0.362 bits per heavy atom. The van der Waals surface area contributed by atoms with Crippen molar-refractivity contribution in [2.45, 2.75) is 264 Å². The molecule has 0 aliphatic heterocycles. The topological polar surface area (TPSA) is 78.9 Å². The van der Waals surface area contributed by atoms with Crippen LogP contribution in [0.2, 0.25) is 0 Å². The monoisotopic (exact) mass is 815 g/mol. The van der Waals surface area contributed by atoms with Crippen molar-refractivity contribution in [3.63, 3.8) is 0 Å². The molecule has 0 saturated carbocycles. The van der Waals surface area contributed by atoms with Crippen LogP contribution in [0.25, 0.3) is 0 Å². The van der Waals surface area contributed by atoms with Gasteiger partial charge in [-0.05, 0) is 64.2 Å². The van der Waals surface area contributed by atoms with Crippen molar-refractivity contribution >= 4 is 17.9 Å². The summed E-state index contributed by atoms with van der Waals surface area (Å²) in [5.74, 6) is -0.919. The summed E-state index contributed by atoms with van der Waals surface area (Å²) in [4.78, 5) is 37.8. The molecule has 0 aromatic heterocycles. The van der Waals surface area contributed by atoms with Crippen molar-refractivity contribution in [1.82, 2.24) is 0 Å². The third-order valence-electron chi connectivity index (χ3n) is 10.9. The molecule has 1 atom stereocenters. The molecule has 6 heteroatoms. The average Bonchev–Trinajstić information content (AvgIpc) is 3.22. The molecule has 0 heterocycles. The average molecular weight is 815 g/mol. The molecule has 1 unspecified atom stereocenters. The second-order valence-corrected chi connectivity index (χ2v) is 16.7. The molecule has 0 fully saturated rings. The molecule has 0 bridgehead atoms. The number of carbonyl (C=O) groups excluding carboxylic acids is 3. The first-order chi connectivity index (χ1) is 28.5. The van der Waals surface area contributed by atoms with Gasteiger partial charge in [-0.15, -0.1) is 0 Å². The fourth-order valence-corrected chi connectivity index (χ4v) is 7.13. The second kappa shape index (κ2) is 47.3. The molecular weight excluding hydrogens is 721 g/mol. The molecule has 338 valence electrons. The largest absolute Gasteiger partial charge is 0.462 e. The molecule has 6 nitrogen and oxygen atoms in total. The van der Waals surface area contributed by atoms with Crippen LogP contribution in [0.5, 0.6) is 0 Å². The summed E-state index contributed by atoms with van der Waals surface area (Å²) in [5, 5.41) is 0. The fraction of sp³-hybridized carbons (Fsp3) is 0.827. The van der Waals surface area contributed by atoms with Gasteiger partial charge in [0.2, 0.25) is 0 Å². The Kier molecular flexibility index (Phi) is 45.4. The molecule has 0 N–H and O–H groups in total. The van der Waals surface area contributed by atoms with Crippen LogP contribution in [-0.4, -0.2) is 37.2 Å². The zero-order valence-corrected chi connectivity index (χ0v) is 38.6. The molecule has 0 aliphatic carbocycles. The summed E-state index contributed by atoms with van der Waals surface area (Å²) in [7, 11) is 0. The van der Waals surface area contributed by atoms with E-state index in [0.717, 1.165) is 77.0 Å². The lowest BCUT2D eigenvalue weighted by Gasteiger charge is -2.18. The highest BCUT2D eigenvalue weighted by molar-refractivity contribution is 5.71. The second-order valence-electron chi connectivity index (χ2n) is 16.7. The van der Waals surface area contributed by atoms with Crippen LogP contribution in [-0.2, 0) is 28.6 Å². The Balaban J connectivity index is 4.31. The van der Waals surface area contributed by atoms with E-state index < -0.39 is 6.10 Å². The summed E-state index contributed by atoms with van der Waals surface area (Å²) in [6.45, 7) is 6.48. The number of ether oxygens (including phenoxy) is 3. The van der Waals surface area contributed by atoms with Gasteiger partial charge in [-0.3, -0.25) is 14.4 Å². The van der Waals surface area contributed by atoms with E-state index in [0.29, 0.717) is 19.3 Å². The highest BCUT2D eigenvalue weighted by Crippen LogP contribution is 2.16. The summed E-state index contributed by atoms with van der Waals surface area (Å²) >= 11 is 0. The molecule has 0 saturated heterocycles. The van der Waals surface area contributed by atoms with Crippen LogP contribution in [0.4, 0.5) is 0 Å². The van der Waals surface area contributed by atoms with Crippen molar-refractivity contribution in [3.05, 3.63) is 36.5 Å². The lowest BCUT2D eigenvalue weighted by atomic mass is 10.0. The van der Waals surface area contributed by atoms with E-state index >= 15 is 0 Å². The normalized spacial score (nSPS) is 12.3. The van der Waals surface area contributed by atoms with E-state index in [2.05, 4.69) is 57.2 Å². The minimum atomic E-state index is -0.782. The maximum absolute atomic E-state index is 12.7. The summed E-state index contributed by atoms with van der Waals surface area (Å²) in [6, 6.07) is 0. The number of carbonyl (C=O) groups is 3. The van der Waals surface area contributed by atoms with E-state index in [1.807, 2.05) is 0 Å². The van der Waals surface area contributed by atoms with Crippen molar-refractivity contribution < 1.29 is 28.6 Å². The van der Waals surface area contributed by atoms with Gasteiger partial charge in [-0.2, -0.15) is 0 Å². The Morgan fingerprint density at radius 3 is 1.14 bits per heavy atom. The van der Waals surface area contributed by atoms with Crippen LogP contribution < -0.4 is 0 Å². The van der Waals surface area contributed by atoms with Gasteiger partial charge in [-0.25, -0.2) is 0 Å². The van der Waals surface area contributed by atoms with Crippen LogP contribution in [0.15, 0.2) is 36.5 Å². The zero-order valence-electron chi connectivity index (χ0n) is 38.6. The van der Waals surface area contributed by atoms with Gasteiger partial charge in [-0.1, -0.05) is 211 Å². The number of rotatable bonds is 45. The summed E-state index contributed by atoms with van der Waals surface area (Å²) < 4.78 is 16.7. The molecular formula is C52H94O6. The number of esters is 3. The Labute approximate surface area is 359 Å². The van der Waals surface area contributed by atoms with Gasteiger partial charge in [0.25, 0.3) is 0 Å². The van der Waals surface area contributed by atoms with Crippen LogP contribution in [0.3, 0.4) is 0 Å². The minimum Gasteiger partial charge on any atom is -0.462 e. The lowest BCUT2D eigenvalue weighted by Crippen LogP contribution is -2.30. The SMILES string of the molecule is CC/C=C\C/C=C\CCCCCCCCCC(=O)OC(COC(=O)CCC/C=C\CCCCCC)COC(=O)CCCCCCCCCCCCCCCCCCC. The molecule has 0 aromatic carbocycles. The van der Waals surface area contributed by atoms with E-state index in [1.54, 1.807) is 0 Å². The highest BCUT2D eigenvalue weighted by Gasteiger charge is 2.19. The van der Waals surface area contributed by atoms with Gasteiger partial charge in [0, 0.05) is 19.3 Å². The molecule has 0 radical (unpaired) electrons. The number of hydrogen-bond donors (Lipinski definition) is 0. The van der Waals surface area contributed by atoms with Crippen molar-refractivity contribution in [3.8, 4) is 0 Å². The molecule has 0 amide bonds. The van der Waals surface area contributed by atoms with Crippen LogP contribution in [0, 0.1) is 0 Å². The predicted molar refractivity (Wildman–Crippen MR) is 247 cm³/mol. The van der Waals surface area contributed by atoms with Gasteiger partial charge < -0.3 is 14.2 Å². The standard InChI is InChI=1S/C52H94O6/c1-4-7-10-13-16-19-21-23-25-26-27-29-30-33-36-39-42-45-51(54)57-48-49(47-56-50(53)44-41-38-35-32-18-15-12-9-6-3)58-52(55)46-43-40-37-34-31-28-24-22-20-17-14-11-8-5-2/h8,11,17,20,32,35,49H,4-7,9-10,12-16,18-19,21-31,33-34,36-48H2,1-3H3/b11-8-,20-17-,35-32-. The number of allylic oxidation sites excluding steroid dienone is 6. The third-order valence-corrected chi connectivity index (χ3v) is 10.9. The smallest absolute Gasteiger partial charge is 0.306 e. The van der Waals surface area contributed by atoms with E-state index in [9.17, 15) is 14.4 Å². The van der Waals surface area contributed by atoms with Crippen LogP contribution >= 0.6 is 0 Å². The fourth-order valence-electron chi connectivity index (χ4n) is 7.13. The first-order valence-electron chi connectivity index (χ1n) is 25.0. The highest BCUT2D eigenvalue weighted by atomic mass is 16.6. The van der Waals surface area contributed by atoms with Crippen LogP contribution in [0.1, 0.15) is 258 Å². The maximum Gasteiger partial charge on any atom is 0.306 e. The summed E-state index contributed by atoms with van der Waals surface area (Å²) in [6.07, 6.45) is 54.3. The third kappa shape index (κ3) is 44.7. The van der Waals surface area contributed by atoms with Gasteiger partial charge >= 0.3 is 17.9 Å². The van der Waals surface area contributed by atoms with Gasteiger partial charge in [0.1, 0.15) is 13.2 Å². The number of unbranched alkanes of at least 4 members (excludes halogenated alkanes) is 28. The predicted octanol–water partition coefficient (Wildman–Crippen LogP) is 16.1. The quantitative estimate of drug-likeness (QED) is 0.0264. The first kappa shape index (κ1) is 55.6. The van der Waals surface area contributed by atoms with E-state index in [1.165, 1.54) is 141 Å². The van der Waals surface area contributed by atoms with E-state index in [-0.39, 0.29) is 31.1 Å². The van der Waals surface area contributed by atoms with Crippen molar-refractivity contribution in [2.24, 2.45) is 0 Å². The summed E-state index contributed by atoms with van der Waals surface area (Å²) in [5.41, 5.74) is 0. The molecule has 0 spiro atoms. The van der Waals surface area contributed by atoms with Crippen molar-refractivity contribution in [2.75, 3.05) is 13.2 Å². The van der Waals surface area contributed by atoms with E-state index in [4.69, 9.17) is 14.2 Å². The van der Waals surface area contributed by atoms with Crippen molar-refractivity contribution in [1.29, 1.82) is 0 Å². The maximum atomic E-state index is 12.7. The Bertz CT molecular complexity index is 984. The molecule has 0 aliphatic rings. The first-order valence-corrected chi connectivity index (χ1v) is 25.0. The Morgan fingerprint density at radius 2 is 0.690 bits per heavy atom.